The van der Waals surface area contributed by atoms with E-state index in [0.29, 0.717) is 0 Å². The van der Waals surface area contributed by atoms with E-state index in [4.69, 9.17) is 0 Å². The Labute approximate surface area is 214 Å². The van der Waals surface area contributed by atoms with Gasteiger partial charge in [0.05, 0.1) is 11.8 Å². The molecule has 1 fully saturated rings. The molecule has 4 aromatic rings. The van der Waals surface area contributed by atoms with E-state index in [-0.39, 0.29) is 17.5 Å². The van der Waals surface area contributed by atoms with Gasteiger partial charge in [-0.3, -0.25) is 24.0 Å². The molecule has 0 saturated carbocycles. The second-order valence-electron chi connectivity index (χ2n) is 9.80. The molecule has 0 spiro atoms. The first-order valence-electron chi connectivity index (χ1n) is 12.5. The van der Waals surface area contributed by atoms with Gasteiger partial charge in [0.15, 0.2) is 0 Å². The summed E-state index contributed by atoms with van der Waals surface area (Å²) < 4.78 is 2.57. The Morgan fingerprint density at radius 3 is 2.64 bits per heavy atom. The van der Waals surface area contributed by atoms with Crippen molar-refractivity contribution in [2.24, 2.45) is 0 Å². The highest BCUT2D eigenvalue weighted by Gasteiger charge is 2.24. The molecular weight excluding hydrogens is 470 g/mol. The van der Waals surface area contributed by atoms with Crippen molar-refractivity contribution in [1.82, 2.24) is 24.3 Å². The quantitative estimate of drug-likeness (QED) is 0.426. The third-order valence-corrected chi connectivity index (χ3v) is 8.68. The third kappa shape index (κ3) is 4.47. The minimum atomic E-state index is 0.0556. The predicted molar refractivity (Wildman–Crippen MR) is 142 cm³/mol. The summed E-state index contributed by atoms with van der Waals surface area (Å²) in [4.78, 5) is 39.1. The number of fused-ring (bicyclic) bond motifs is 2. The molecule has 1 aliphatic heterocycles. The van der Waals surface area contributed by atoms with Crippen LogP contribution in [-0.2, 0) is 24.2 Å². The van der Waals surface area contributed by atoms with Crippen molar-refractivity contribution < 1.29 is 4.79 Å². The van der Waals surface area contributed by atoms with Crippen LogP contribution in [0.1, 0.15) is 36.1 Å². The van der Waals surface area contributed by atoms with Gasteiger partial charge in [-0.25, -0.2) is 4.98 Å². The standard InChI is InChI=1S/C28H29N5O2S/c1-19(34)32-12-10-31(11-13-32)17-20-2-3-23-15-24(5-4-22(23)14-20)33-18-30-25-16-26(36-27(25)28(33)35)21-6-8-29-9-7-21/h2-3,6-9,14,16,18,24H,4-5,10-13,15,17H2,1H3. The molecule has 1 amide bonds. The highest BCUT2D eigenvalue weighted by atomic mass is 32.1. The lowest BCUT2D eigenvalue weighted by molar-refractivity contribution is -0.130. The van der Waals surface area contributed by atoms with Crippen molar-refractivity contribution in [3.05, 3.63) is 82.2 Å². The molecule has 3 aromatic heterocycles. The zero-order valence-electron chi connectivity index (χ0n) is 20.4. The Bertz CT molecular complexity index is 1470. The number of rotatable bonds is 4. The molecule has 7 nitrogen and oxygen atoms in total. The van der Waals surface area contributed by atoms with Crippen molar-refractivity contribution in [3.63, 3.8) is 0 Å². The molecule has 0 radical (unpaired) electrons. The molecule has 36 heavy (non-hydrogen) atoms. The molecular formula is C28H29N5O2S. The predicted octanol–water partition coefficient (Wildman–Crippen LogP) is 3.91. The number of thiophene rings is 1. The van der Waals surface area contributed by atoms with Crippen molar-refractivity contribution >= 4 is 27.5 Å². The van der Waals surface area contributed by atoms with Crippen LogP contribution >= 0.6 is 11.3 Å². The van der Waals surface area contributed by atoms with Crippen LogP contribution in [0.3, 0.4) is 0 Å². The van der Waals surface area contributed by atoms with Gasteiger partial charge in [-0.1, -0.05) is 18.2 Å². The maximum atomic E-state index is 13.4. The van der Waals surface area contributed by atoms with Crippen molar-refractivity contribution in [3.8, 4) is 10.4 Å². The van der Waals surface area contributed by atoms with Crippen LogP contribution in [0.25, 0.3) is 20.7 Å². The fourth-order valence-corrected chi connectivity index (χ4v) is 6.50. The summed E-state index contributed by atoms with van der Waals surface area (Å²) in [7, 11) is 0. The number of hydrogen-bond donors (Lipinski definition) is 0. The highest BCUT2D eigenvalue weighted by Crippen LogP contribution is 2.32. The molecule has 2 aliphatic rings. The van der Waals surface area contributed by atoms with Crippen molar-refractivity contribution in [2.45, 2.75) is 38.8 Å². The SMILES string of the molecule is CC(=O)N1CCN(Cc2ccc3c(c2)CCC(n2cnc4cc(-c5ccncc5)sc4c2=O)C3)CC1. The van der Waals surface area contributed by atoms with Crippen LogP contribution in [0.4, 0.5) is 0 Å². The first-order chi connectivity index (χ1) is 17.5. The second-order valence-corrected chi connectivity index (χ2v) is 10.9. The first-order valence-corrected chi connectivity index (χ1v) is 13.4. The molecule has 1 aliphatic carbocycles. The zero-order chi connectivity index (χ0) is 24.6. The summed E-state index contributed by atoms with van der Waals surface area (Å²) in [6, 6.07) is 12.9. The maximum absolute atomic E-state index is 13.4. The van der Waals surface area contributed by atoms with Gasteiger partial charge in [0.25, 0.3) is 5.56 Å². The Kier molecular flexibility index (Phi) is 6.15. The fraction of sp³-hybridized carbons (Fsp3) is 0.357. The van der Waals surface area contributed by atoms with Crippen molar-refractivity contribution in [2.75, 3.05) is 26.2 Å². The van der Waals surface area contributed by atoms with Gasteiger partial charge >= 0.3 is 0 Å². The Hall–Kier alpha value is -3.36. The molecule has 1 saturated heterocycles. The molecule has 1 aromatic carbocycles. The number of amides is 1. The number of benzene rings is 1. The van der Waals surface area contributed by atoms with Crippen LogP contribution in [-0.4, -0.2) is 56.4 Å². The number of pyridine rings is 1. The Balaban J connectivity index is 1.18. The highest BCUT2D eigenvalue weighted by molar-refractivity contribution is 7.22. The number of piperazine rings is 1. The number of hydrogen-bond acceptors (Lipinski definition) is 6. The van der Waals surface area contributed by atoms with E-state index in [1.807, 2.05) is 27.7 Å². The number of carbonyl (C=O) groups is 1. The van der Waals surface area contributed by atoms with Gasteiger partial charge in [-0.05, 0) is 59.7 Å². The summed E-state index contributed by atoms with van der Waals surface area (Å²) in [6.07, 6.45) is 8.02. The molecule has 184 valence electrons. The number of aromatic nitrogens is 3. The summed E-state index contributed by atoms with van der Waals surface area (Å²) in [5.41, 5.74) is 5.92. The Morgan fingerprint density at radius 2 is 1.86 bits per heavy atom. The minimum Gasteiger partial charge on any atom is -0.340 e. The number of aryl methyl sites for hydroxylation is 1. The molecule has 6 rings (SSSR count). The van der Waals surface area contributed by atoms with Gasteiger partial charge in [0, 0.05) is 63.0 Å². The summed E-state index contributed by atoms with van der Waals surface area (Å²) in [5.74, 6) is 0.166. The van der Waals surface area contributed by atoms with E-state index in [0.717, 1.165) is 72.6 Å². The third-order valence-electron chi connectivity index (χ3n) is 7.52. The molecule has 1 atom stereocenters. The fourth-order valence-electron chi connectivity index (χ4n) is 5.45. The molecule has 1 unspecified atom stereocenters. The smallest absolute Gasteiger partial charge is 0.271 e. The lowest BCUT2D eigenvalue weighted by Crippen LogP contribution is -2.47. The van der Waals surface area contributed by atoms with E-state index in [9.17, 15) is 9.59 Å². The topological polar surface area (TPSA) is 71.3 Å². The maximum Gasteiger partial charge on any atom is 0.271 e. The second kappa shape index (κ2) is 9.59. The van der Waals surface area contributed by atoms with E-state index < -0.39 is 0 Å². The monoisotopic (exact) mass is 499 g/mol. The van der Waals surface area contributed by atoms with Crippen molar-refractivity contribution in [1.29, 1.82) is 0 Å². The number of carbonyl (C=O) groups excluding carboxylic acids is 1. The van der Waals surface area contributed by atoms with E-state index >= 15 is 0 Å². The van der Waals surface area contributed by atoms with Gasteiger partial charge in [-0.2, -0.15) is 0 Å². The largest absolute Gasteiger partial charge is 0.340 e. The lowest BCUT2D eigenvalue weighted by atomic mass is 9.87. The van der Waals surface area contributed by atoms with Gasteiger partial charge in [-0.15, -0.1) is 11.3 Å². The minimum absolute atomic E-state index is 0.0556. The molecule has 4 heterocycles. The summed E-state index contributed by atoms with van der Waals surface area (Å²) >= 11 is 1.51. The van der Waals surface area contributed by atoms with Crippen LogP contribution in [0.15, 0.2) is 59.9 Å². The van der Waals surface area contributed by atoms with Crippen LogP contribution in [0, 0.1) is 0 Å². The van der Waals surface area contributed by atoms with Crippen LogP contribution < -0.4 is 5.56 Å². The summed E-state index contributed by atoms with van der Waals surface area (Å²) in [5, 5.41) is 0. The van der Waals surface area contributed by atoms with E-state index in [1.54, 1.807) is 25.6 Å². The van der Waals surface area contributed by atoms with Gasteiger partial charge in [0.1, 0.15) is 4.70 Å². The van der Waals surface area contributed by atoms with Gasteiger partial charge in [0.2, 0.25) is 5.91 Å². The Morgan fingerprint density at radius 1 is 1.06 bits per heavy atom. The zero-order valence-corrected chi connectivity index (χ0v) is 21.2. The average Bonchev–Trinajstić information content (AvgIpc) is 3.35. The molecule has 0 N–H and O–H groups in total. The van der Waals surface area contributed by atoms with Crippen LogP contribution in [0.2, 0.25) is 0 Å². The van der Waals surface area contributed by atoms with E-state index in [2.05, 4.69) is 33.1 Å². The normalized spacial score (nSPS) is 18.4. The lowest BCUT2D eigenvalue weighted by Gasteiger charge is -2.34. The summed E-state index contributed by atoms with van der Waals surface area (Å²) in [6.45, 7) is 6.02. The van der Waals surface area contributed by atoms with E-state index in [1.165, 1.54) is 28.0 Å². The molecule has 0 bridgehead atoms. The van der Waals surface area contributed by atoms with Crippen LogP contribution in [0.5, 0.6) is 0 Å². The average molecular weight is 500 g/mol. The molecule has 8 heteroatoms. The first kappa shape index (κ1) is 23.1. The van der Waals surface area contributed by atoms with Gasteiger partial charge < -0.3 is 4.90 Å². The number of nitrogens with zero attached hydrogens (tertiary/aromatic N) is 5.